The van der Waals surface area contributed by atoms with Crippen LogP contribution in [-0.4, -0.2) is 29.3 Å². The van der Waals surface area contributed by atoms with Crippen molar-refractivity contribution in [1.82, 2.24) is 0 Å². The summed E-state index contributed by atoms with van der Waals surface area (Å²) >= 11 is 0. The Morgan fingerprint density at radius 1 is 1.24 bits per heavy atom. The van der Waals surface area contributed by atoms with E-state index in [1.807, 2.05) is 0 Å². The summed E-state index contributed by atoms with van der Waals surface area (Å²) in [5.41, 5.74) is 0. The van der Waals surface area contributed by atoms with Crippen molar-refractivity contribution in [2.24, 2.45) is 0 Å². The van der Waals surface area contributed by atoms with E-state index >= 15 is 0 Å². The number of aliphatic carboxylic acids is 1. The summed E-state index contributed by atoms with van der Waals surface area (Å²) in [5, 5.41) is 7.35. The smallest absolute Gasteiger partial charge is 1.00 e. The molecule has 5 nitrogen and oxygen atoms in total. The summed E-state index contributed by atoms with van der Waals surface area (Å²) in [6.07, 6.45) is 4.41. The predicted octanol–water partition coefficient (Wildman–Crippen LogP) is -0.805. The van der Waals surface area contributed by atoms with E-state index < -0.39 is 27.8 Å². The van der Waals surface area contributed by atoms with E-state index in [0.717, 1.165) is 25.7 Å². The summed E-state index contributed by atoms with van der Waals surface area (Å²) in [5.74, 6) is -1.20. The van der Waals surface area contributed by atoms with Crippen molar-refractivity contribution >= 4 is 16.1 Å². The normalized spacial score (nSPS) is 12.8. The summed E-state index contributed by atoms with van der Waals surface area (Å²) in [6.45, 7) is 2.07. The molecule has 0 aromatic heterocycles. The minimum absolute atomic E-state index is 0. The van der Waals surface area contributed by atoms with Gasteiger partial charge >= 0.3 is 35.5 Å². The van der Waals surface area contributed by atoms with Crippen LogP contribution in [0.4, 0.5) is 0 Å². The Morgan fingerprint density at radius 2 is 1.76 bits per heavy atom. The van der Waals surface area contributed by atoms with Crippen molar-refractivity contribution in [3.63, 3.8) is 0 Å². The van der Waals surface area contributed by atoms with Gasteiger partial charge in [0.25, 0.3) is 10.1 Å². The summed E-state index contributed by atoms with van der Waals surface area (Å²) in [6, 6.07) is 0. The molecule has 0 aromatic carbocycles. The largest absolute Gasteiger partial charge is 1.00 e. The number of carboxylic acid groups (broad SMARTS) is 1. The molecule has 1 unspecified atom stereocenters. The number of hydrogen-bond acceptors (Lipinski definition) is 3. The fourth-order valence-electron chi connectivity index (χ4n) is 1.53. The SMILES string of the molecule is CCCCCCCC(CC(=O)O)S(=O)(=O)O.[H-].[Na+]. The predicted molar refractivity (Wildman–Crippen MR) is 62.1 cm³/mol. The second-order valence-electron chi connectivity index (χ2n) is 3.94. The van der Waals surface area contributed by atoms with Gasteiger partial charge in [-0.05, 0) is 6.42 Å². The second kappa shape index (κ2) is 10.3. The molecule has 0 radical (unpaired) electrons. The van der Waals surface area contributed by atoms with Crippen molar-refractivity contribution in [2.45, 2.75) is 57.1 Å². The Kier molecular flexibility index (Phi) is 12.0. The molecule has 2 N–H and O–H groups in total. The second-order valence-corrected chi connectivity index (χ2v) is 5.63. The van der Waals surface area contributed by atoms with E-state index in [1.165, 1.54) is 0 Å². The Labute approximate surface area is 127 Å². The first-order valence-corrected chi connectivity index (χ1v) is 7.06. The van der Waals surface area contributed by atoms with Gasteiger partial charge in [0.15, 0.2) is 0 Å². The summed E-state index contributed by atoms with van der Waals surface area (Å²) in [4.78, 5) is 10.4. The van der Waals surface area contributed by atoms with Crippen LogP contribution in [0.2, 0.25) is 0 Å². The molecule has 0 bridgehead atoms. The van der Waals surface area contributed by atoms with E-state index in [9.17, 15) is 13.2 Å². The minimum atomic E-state index is -4.23. The molecule has 17 heavy (non-hydrogen) atoms. The third kappa shape index (κ3) is 11.2. The van der Waals surface area contributed by atoms with Gasteiger partial charge in [-0.2, -0.15) is 8.42 Å². The minimum Gasteiger partial charge on any atom is -1.00 e. The molecular weight excluding hydrogens is 255 g/mol. The maximum atomic E-state index is 10.9. The Bertz CT molecular complexity index is 307. The zero-order valence-corrected chi connectivity index (χ0v) is 13.4. The van der Waals surface area contributed by atoms with Gasteiger partial charge in [0.1, 0.15) is 0 Å². The molecule has 0 aliphatic carbocycles. The molecule has 0 heterocycles. The van der Waals surface area contributed by atoms with Crippen LogP contribution in [0.5, 0.6) is 0 Å². The number of unbranched alkanes of at least 4 members (excludes halogenated alkanes) is 4. The van der Waals surface area contributed by atoms with Gasteiger partial charge in [0.05, 0.1) is 11.7 Å². The van der Waals surface area contributed by atoms with Crippen LogP contribution in [0.15, 0.2) is 0 Å². The standard InChI is InChI=1S/C10H20O5S.Na.H/c1-2-3-4-5-6-7-9(8-10(11)12)16(13,14)15;;/h9H,2-8H2,1H3,(H,11,12)(H,13,14,15);;/q;+1;-1. The number of carboxylic acids is 1. The first-order valence-electron chi connectivity index (χ1n) is 5.56. The molecular formula is C10H21NaO5S. The van der Waals surface area contributed by atoms with E-state index in [4.69, 9.17) is 9.66 Å². The molecule has 0 saturated carbocycles. The number of rotatable bonds is 9. The van der Waals surface area contributed by atoms with Gasteiger partial charge in [-0.3, -0.25) is 9.35 Å². The van der Waals surface area contributed by atoms with Crippen molar-refractivity contribution in [3.8, 4) is 0 Å². The maximum absolute atomic E-state index is 10.9. The summed E-state index contributed by atoms with van der Waals surface area (Å²) < 4.78 is 30.6. The number of carbonyl (C=O) groups is 1. The molecule has 1 atom stereocenters. The molecule has 0 aromatic rings. The average Bonchev–Trinajstić information content (AvgIpc) is 2.13. The van der Waals surface area contributed by atoms with Gasteiger partial charge in [0, 0.05) is 0 Å². The topological polar surface area (TPSA) is 91.7 Å². The molecule has 0 fully saturated rings. The molecule has 7 heteroatoms. The zero-order valence-electron chi connectivity index (χ0n) is 11.6. The van der Waals surface area contributed by atoms with E-state index in [0.29, 0.717) is 6.42 Å². The molecule has 0 saturated heterocycles. The molecule has 98 valence electrons. The van der Waals surface area contributed by atoms with Crippen LogP contribution in [0.1, 0.15) is 53.3 Å². The summed E-state index contributed by atoms with van der Waals surface area (Å²) in [7, 11) is -4.23. The Hall–Kier alpha value is 0.380. The van der Waals surface area contributed by atoms with Gasteiger partial charge in [-0.1, -0.05) is 39.0 Å². The quantitative estimate of drug-likeness (QED) is 0.327. The molecule has 0 aliphatic heterocycles. The van der Waals surface area contributed by atoms with Crippen molar-refractivity contribution in [2.75, 3.05) is 0 Å². The Morgan fingerprint density at radius 3 is 2.18 bits per heavy atom. The van der Waals surface area contributed by atoms with Crippen LogP contribution < -0.4 is 29.6 Å². The van der Waals surface area contributed by atoms with Gasteiger partial charge in [-0.15, -0.1) is 0 Å². The van der Waals surface area contributed by atoms with Crippen LogP contribution >= 0.6 is 0 Å². The molecule has 0 amide bonds. The van der Waals surface area contributed by atoms with Crippen LogP contribution in [-0.2, 0) is 14.9 Å². The van der Waals surface area contributed by atoms with Gasteiger partial charge in [0.2, 0.25) is 0 Å². The molecule has 0 aliphatic rings. The van der Waals surface area contributed by atoms with Gasteiger partial charge in [-0.25, -0.2) is 0 Å². The van der Waals surface area contributed by atoms with E-state index in [-0.39, 0.29) is 37.4 Å². The third-order valence-corrected chi connectivity index (χ3v) is 3.70. The number of hydrogen-bond donors (Lipinski definition) is 2. The molecule has 0 rings (SSSR count). The van der Waals surface area contributed by atoms with Crippen molar-refractivity contribution < 1.29 is 53.9 Å². The van der Waals surface area contributed by atoms with Crippen molar-refractivity contribution in [1.29, 1.82) is 0 Å². The fraction of sp³-hybridized carbons (Fsp3) is 0.900. The monoisotopic (exact) mass is 276 g/mol. The van der Waals surface area contributed by atoms with Crippen LogP contribution in [0, 0.1) is 0 Å². The average molecular weight is 276 g/mol. The first kappa shape index (κ1) is 19.7. The molecule has 0 spiro atoms. The zero-order chi connectivity index (χ0) is 12.6. The van der Waals surface area contributed by atoms with Crippen molar-refractivity contribution in [3.05, 3.63) is 0 Å². The van der Waals surface area contributed by atoms with Crippen LogP contribution in [0.25, 0.3) is 0 Å². The Balaban J connectivity index is -0.00000112. The first-order chi connectivity index (χ1) is 7.38. The fourth-order valence-corrected chi connectivity index (χ4v) is 2.34. The van der Waals surface area contributed by atoms with E-state index in [2.05, 4.69) is 6.92 Å². The van der Waals surface area contributed by atoms with Crippen LogP contribution in [0.3, 0.4) is 0 Å². The maximum Gasteiger partial charge on any atom is 1.00 e. The van der Waals surface area contributed by atoms with E-state index in [1.54, 1.807) is 0 Å². The third-order valence-electron chi connectivity index (χ3n) is 2.45. The van der Waals surface area contributed by atoms with Gasteiger partial charge < -0.3 is 6.53 Å².